The Morgan fingerprint density at radius 2 is 2.00 bits per heavy atom. The van der Waals surface area contributed by atoms with Gasteiger partial charge in [-0.2, -0.15) is 5.10 Å². The molecular formula is C13H13N3O3. The lowest BCUT2D eigenvalue weighted by Crippen LogP contribution is -2.27. The topological polar surface area (TPSA) is 84.2 Å². The molecule has 0 atom stereocenters. The maximum atomic E-state index is 11.6. The first kappa shape index (κ1) is 12.8. The van der Waals surface area contributed by atoms with E-state index in [0.29, 0.717) is 6.54 Å². The molecule has 1 aromatic carbocycles. The van der Waals surface area contributed by atoms with E-state index < -0.39 is 5.97 Å². The summed E-state index contributed by atoms with van der Waals surface area (Å²) >= 11 is 0. The molecule has 0 unspecified atom stereocenters. The number of hydrogen-bond donors (Lipinski definition) is 2. The molecule has 1 heterocycles. The predicted octanol–water partition coefficient (Wildman–Crippen LogP) is 0.898. The van der Waals surface area contributed by atoms with Crippen LogP contribution in [0.25, 0.3) is 0 Å². The maximum Gasteiger partial charge on any atom is 0.335 e. The molecule has 2 N–H and O–H groups in total. The highest BCUT2D eigenvalue weighted by molar-refractivity contribution is 5.87. The normalized spacial score (nSPS) is 10.1. The number of amides is 1. The second-order valence-corrected chi connectivity index (χ2v) is 3.98. The number of carbonyl (C=O) groups excluding carboxylic acids is 1. The Morgan fingerprint density at radius 1 is 1.26 bits per heavy atom. The Hall–Kier alpha value is -2.63. The standard InChI is InChI=1S/C13H13N3O3/c17-12(9-16-7-1-6-15-16)14-8-10-2-4-11(5-3-10)13(18)19/h1-7H,8-9H2,(H,14,17)(H,18,19). The summed E-state index contributed by atoms with van der Waals surface area (Å²) in [6, 6.07) is 8.13. The van der Waals surface area contributed by atoms with E-state index in [0.717, 1.165) is 5.56 Å². The van der Waals surface area contributed by atoms with Crippen molar-refractivity contribution in [3.05, 3.63) is 53.9 Å². The van der Waals surface area contributed by atoms with Crippen LogP contribution in [-0.2, 0) is 17.9 Å². The monoisotopic (exact) mass is 259 g/mol. The third kappa shape index (κ3) is 3.67. The Balaban J connectivity index is 1.84. The van der Waals surface area contributed by atoms with Gasteiger partial charge in [-0.3, -0.25) is 9.48 Å². The summed E-state index contributed by atoms with van der Waals surface area (Å²) in [6.07, 6.45) is 3.32. The number of carboxylic acids is 1. The molecule has 6 nitrogen and oxygen atoms in total. The molecule has 98 valence electrons. The Kier molecular flexibility index (Phi) is 3.92. The van der Waals surface area contributed by atoms with Crippen LogP contribution in [0.15, 0.2) is 42.7 Å². The summed E-state index contributed by atoms with van der Waals surface area (Å²) in [5.74, 6) is -1.11. The van der Waals surface area contributed by atoms with E-state index in [1.54, 1.807) is 30.6 Å². The fourth-order valence-electron chi connectivity index (χ4n) is 1.56. The van der Waals surface area contributed by atoms with Crippen molar-refractivity contribution < 1.29 is 14.7 Å². The highest BCUT2D eigenvalue weighted by atomic mass is 16.4. The zero-order valence-corrected chi connectivity index (χ0v) is 10.1. The number of hydrogen-bond acceptors (Lipinski definition) is 3. The first-order valence-corrected chi connectivity index (χ1v) is 5.71. The summed E-state index contributed by atoms with van der Waals surface area (Å²) in [4.78, 5) is 22.3. The van der Waals surface area contributed by atoms with Gasteiger partial charge in [0, 0.05) is 18.9 Å². The van der Waals surface area contributed by atoms with Crippen molar-refractivity contribution in [3.8, 4) is 0 Å². The lowest BCUT2D eigenvalue weighted by atomic mass is 10.1. The van der Waals surface area contributed by atoms with E-state index in [9.17, 15) is 9.59 Å². The van der Waals surface area contributed by atoms with Crippen LogP contribution in [0.5, 0.6) is 0 Å². The minimum Gasteiger partial charge on any atom is -0.478 e. The van der Waals surface area contributed by atoms with Crippen LogP contribution in [0, 0.1) is 0 Å². The minimum absolute atomic E-state index is 0.147. The molecule has 0 aliphatic heterocycles. The Labute approximate surface area is 109 Å². The molecule has 0 radical (unpaired) electrons. The van der Waals surface area contributed by atoms with E-state index in [1.165, 1.54) is 16.8 Å². The van der Waals surface area contributed by atoms with E-state index in [2.05, 4.69) is 10.4 Å². The Morgan fingerprint density at radius 3 is 2.58 bits per heavy atom. The zero-order valence-electron chi connectivity index (χ0n) is 10.1. The quantitative estimate of drug-likeness (QED) is 0.835. The number of nitrogens with zero attached hydrogens (tertiary/aromatic N) is 2. The molecule has 0 saturated heterocycles. The summed E-state index contributed by atoms with van der Waals surface area (Å²) in [6.45, 7) is 0.528. The van der Waals surface area contributed by atoms with Gasteiger partial charge in [0.2, 0.25) is 5.91 Å². The van der Waals surface area contributed by atoms with Crippen molar-refractivity contribution in [1.29, 1.82) is 0 Å². The third-order valence-corrected chi connectivity index (χ3v) is 2.56. The van der Waals surface area contributed by atoms with Crippen LogP contribution in [0.1, 0.15) is 15.9 Å². The van der Waals surface area contributed by atoms with E-state index >= 15 is 0 Å². The van der Waals surface area contributed by atoms with Crippen molar-refractivity contribution in [3.63, 3.8) is 0 Å². The fourth-order valence-corrected chi connectivity index (χ4v) is 1.56. The number of carboxylic acid groups (broad SMARTS) is 1. The second kappa shape index (κ2) is 5.81. The molecule has 0 aliphatic rings. The van der Waals surface area contributed by atoms with Gasteiger partial charge in [0.15, 0.2) is 0 Å². The molecule has 0 saturated carbocycles. The molecule has 0 fully saturated rings. The van der Waals surface area contributed by atoms with Crippen molar-refractivity contribution in [2.24, 2.45) is 0 Å². The first-order chi connectivity index (χ1) is 9.15. The number of benzene rings is 1. The van der Waals surface area contributed by atoms with Gasteiger partial charge in [-0.15, -0.1) is 0 Å². The van der Waals surface area contributed by atoms with Crippen LogP contribution in [0.2, 0.25) is 0 Å². The van der Waals surface area contributed by atoms with Crippen molar-refractivity contribution in [2.45, 2.75) is 13.1 Å². The summed E-state index contributed by atoms with van der Waals surface area (Å²) in [5.41, 5.74) is 1.07. The summed E-state index contributed by atoms with van der Waals surface area (Å²) < 4.78 is 1.53. The average molecular weight is 259 g/mol. The molecule has 0 bridgehead atoms. The van der Waals surface area contributed by atoms with Gasteiger partial charge in [-0.25, -0.2) is 4.79 Å². The van der Waals surface area contributed by atoms with Crippen LogP contribution in [-0.4, -0.2) is 26.8 Å². The molecule has 1 aromatic heterocycles. The molecule has 1 amide bonds. The Bertz CT molecular complexity index is 561. The zero-order chi connectivity index (χ0) is 13.7. The lowest BCUT2D eigenvalue weighted by Gasteiger charge is -2.06. The number of nitrogens with one attached hydrogen (secondary N) is 1. The lowest BCUT2D eigenvalue weighted by molar-refractivity contribution is -0.122. The van der Waals surface area contributed by atoms with Crippen LogP contribution in [0.3, 0.4) is 0 Å². The average Bonchev–Trinajstić information content (AvgIpc) is 2.89. The smallest absolute Gasteiger partial charge is 0.335 e. The van der Waals surface area contributed by atoms with Gasteiger partial charge in [0.05, 0.1) is 5.56 Å². The highest BCUT2D eigenvalue weighted by Crippen LogP contribution is 2.04. The van der Waals surface area contributed by atoms with E-state index in [4.69, 9.17) is 5.11 Å². The number of aromatic carboxylic acids is 1. The summed E-state index contributed by atoms with van der Waals surface area (Å²) in [7, 11) is 0. The third-order valence-electron chi connectivity index (χ3n) is 2.56. The number of carbonyl (C=O) groups is 2. The van der Waals surface area contributed by atoms with Crippen molar-refractivity contribution in [2.75, 3.05) is 0 Å². The largest absolute Gasteiger partial charge is 0.478 e. The van der Waals surface area contributed by atoms with Gasteiger partial charge in [0.25, 0.3) is 0 Å². The highest BCUT2D eigenvalue weighted by Gasteiger charge is 2.04. The van der Waals surface area contributed by atoms with Crippen LogP contribution < -0.4 is 5.32 Å². The number of aromatic nitrogens is 2. The predicted molar refractivity (Wildman–Crippen MR) is 67.5 cm³/mol. The van der Waals surface area contributed by atoms with Gasteiger partial charge >= 0.3 is 5.97 Å². The van der Waals surface area contributed by atoms with E-state index in [-0.39, 0.29) is 18.0 Å². The molecule has 0 aliphatic carbocycles. The number of rotatable bonds is 5. The van der Waals surface area contributed by atoms with Crippen LogP contribution >= 0.6 is 0 Å². The van der Waals surface area contributed by atoms with Gasteiger partial charge in [0.1, 0.15) is 6.54 Å². The molecule has 19 heavy (non-hydrogen) atoms. The van der Waals surface area contributed by atoms with Crippen molar-refractivity contribution in [1.82, 2.24) is 15.1 Å². The molecule has 2 aromatic rings. The minimum atomic E-state index is -0.964. The van der Waals surface area contributed by atoms with Gasteiger partial charge in [-0.05, 0) is 23.8 Å². The maximum absolute atomic E-state index is 11.6. The second-order valence-electron chi connectivity index (χ2n) is 3.98. The SMILES string of the molecule is O=C(Cn1cccn1)NCc1ccc(C(=O)O)cc1. The van der Waals surface area contributed by atoms with E-state index in [1.807, 2.05) is 0 Å². The van der Waals surface area contributed by atoms with Gasteiger partial charge in [-0.1, -0.05) is 12.1 Å². The molecule has 0 spiro atoms. The van der Waals surface area contributed by atoms with Crippen molar-refractivity contribution >= 4 is 11.9 Å². The molecule has 2 rings (SSSR count). The summed E-state index contributed by atoms with van der Waals surface area (Å²) in [5, 5.41) is 15.4. The van der Waals surface area contributed by atoms with Gasteiger partial charge < -0.3 is 10.4 Å². The fraction of sp³-hybridized carbons (Fsp3) is 0.154. The first-order valence-electron chi connectivity index (χ1n) is 5.71. The van der Waals surface area contributed by atoms with Crippen LogP contribution in [0.4, 0.5) is 0 Å². The molecule has 6 heteroatoms. The molecular weight excluding hydrogens is 246 g/mol.